The summed E-state index contributed by atoms with van der Waals surface area (Å²) >= 11 is 0. The molecule has 0 amide bonds. The van der Waals surface area contributed by atoms with Crippen molar-refractivity contribution in [3.8, 4) is 0 Å². The molecule has 0 aromatic heterocycles. The summed E-state index contributed by atoms with van der Waals surface area (Å²) < 4.78 is 4.15. The molecule has 1 N–H and O–H groups in total. The van der Waals surface area contributed by atoms with E-state index in [9.17, 15) is 4.79 Å². The van der Waals surface area contributed by atoms with Gasteiger partial charge >= 0.3 is 0 Å². The Balaban J connectivity index is -0.0000000705. The maximum absolute atomic E-state index is 9.18. The van der Waals surface area contributed by atoms with Crippen LogP contribution in [0.25, 0.3) is 0 Å². The summed E-state index contributed by atoms with van der Waals surface area (Å²) in [7, 11) is 1.98. The van der Waals surface area contributed by atoms with Gasteiger partial charge in [-0.1, -0.05) is 53.9 Å². The normalized spacial score (nSPS) is 7.24. The van der Waals surface area contributed by atoms with Crippen molar-refractivity contribution < 1.29 is 9.53 Å². The minimum absolute atomic E-state index is 0.431. The highest BCUT2D eigenvalue weighted by molar-refractivity contribution is 5.36. The number of rotatable bonds is 6. The zero-order chi connectivity index (χ0) is 14.4. The minimum atomic E-state index is 0.431. The van der Waals surface area contributed by atoms with E-state index < -0.39 is 0 Å². The fourth-order valence-corrected chi connectivity index (χ4v) is 0.422. The van der Waals surface area contributed by atoms with Crippen molar-refractivity contribution in [2.24, 2.45) is 0 Å². The van der Waals surface area contributed by atoms with Crippen LogP contribution in [0.1, 0.15) is 67.2 Å². The first kappa shape index (κ1) is 25.3. The molecule has 108 valence electrons. The number of hydrogen-bond acceptors (Lipinski definition) is 3. The molecule has 0 bridgehead atoms. The number of ether oxygens (including phenoxy) is 1. The van der Waals surface area contributed by atoms with E-state index in [0.717, 1.165) is 6.54 Å². The third-order valence-corrected chi connectivity index (χ3v) is 1.52. The molecule has 0 atom stereocenters. The van der Waals surface area contributed by atoms with E-state index in [1.54, 1.807) is 6.92 Å². The molecular formula is C14H35NO2. The second-order valence-corrected chi connectivity index (χ2v) is 3.01. The van der Waals surface area contributed by atoms with Gasteiger partial charge in [-0.3, -0.25) is 4.79 Å². The lowest BCUT2D eigenvalue weighted by Gasteiger charge is -1.89. The summed E-state index contributed by atoms with van der Waals surface area (Å²) in [5, 5.41) is 3.07. The topological polar surface area (TPSA) is 38.3 Å². The summed E-state index contributed by atoms with van der Waals surface area (Å²) in [6, 6.07) is 0. The summed E-state index contributed by atoms with van der Waals surface area (Å²) in [6.45, 7) is 14.4. The first-order valence-corrected chi connectivity index (χ1v) is 6.94. The van der Waals surface area contributed by atoms with Crippen molar-refractivity contribution in [2.75, 3.05) is 20.2 Å². The van der Waals surface area contributed by atoms with Gasteiger partial charge in [0.1, 0.15) is 0 Å². The van der Waals surface area contributed by atoms with Crippen LogP contribution in [-0.2, 0) is 9.53 Å². The van der Waals surface area contributed by atoms with Crippen molar-refractivity contribution in [1.82, 2.24) is 5.32 Å². The summed E-state index contributed by atoms with van der Waals surface area (Å²) in [6.07, 6.45) is 5.23. The zero-order valence-electron chi connectivity index (χ0n) is 13.1. The second kappa shape index (κ2) is 45.2. The van der Waals surface area contributed by atoms with E-state index >= 15 is 0 Å². The van der Waals surface area contributed by atoms with Crippen molar-refractivity contribution >= 4 is 6.47 Å². The highest BCUT2D eigenvalue weighted by atomic mass is 16.5. The Bertz CT molecular complexity index is 82.3. The van der Waals surface area contributed by atoms with Crippen molar-refractivity contribution in [1.29, 1.82) is 0 Å². The van der Waals surface area contributed by atoms with E-state index in [-0.39, 0.29) is 0 Å². The molecule has 0 heterocycles. The number of nitrogens with one attached hydrogen (secondary N) is 1. The van der Waals surface area contributed by atoms with Gasteiger partial charge in [-0.15, -0.1) is 0 Å². The number of hydrogen-bond donors (Lipinski definition) is 1. The van der Waals surface area contributed by atoms with Crippen LogP contribution in [0, 0.1) is 0 Å². The third-order valence-electron chi connectivity index (χ3n) is 1.52. The molecule has 0 aromatic carbocycles. The maximum atomic E-state index is 9.18. The van der Waals surface area contributed by atoms with Crippen LogP contribution in [0.4, 0.5) is 0 Å². The van der Waals surface area contributed by atoms with Gasteiger partial charge in [0.25, 0.3) is 6.47 Å². The maximum Gasteiger partial charge on any atom is 0.293 e. The molecule has 0 rings (SSSR count). The molecule has 0 unspecified atom stereocenters. The quantitative estimate of drug-likeness (QED) is 0.571. The Kier molecular flexibility index (Phi) is 67.3. The molecular weight excluding hydrogens is 214 g/mol. The van der Waals surface area contributed by atoms with Crippen LogP contribution in [0.2, 0.25) is 0 Å². The monoisotopic (exact) mass is 249 g/mol. The van der Waals surface area contributed by atoms with Crippen LogP contribution in [-0.4, -0.2) is 26.7 Å². The number of unbranched alkanes of at least 4 members (excludes halogenated alkanes) is 2. The van der Waals surface area contributed by atoms with Gasteiger partial charge in [0.05, 0.1) is 6.61 Å². The lowest BCUT2D eigenvalue weighted by molar-refractivity contribution is -0.128. The first-order valence-electron chi connectivity index (χ1n) is 6.94. The molecule has 0 aliphatic rings. The Morgan fingerprint density at radius 3 is 1.53 bits per heavy atom. The smallest absolute Gasteiger partial charge is 0.293 e. The molecule has 17 heavy (non-hydrogen) atoms. The average Bonchev–Trinajstić information content (AvgIpc) is 2.40. The van der Waals surface area contributed by atoms with Gasteiger partial charge in [0, 0.05) is 0 Å². The van der Waals surface area contributed by atoms with Crippen LogP contribution >= 0.6 is 0 Å². The van der Waals surface area contributed by atoms with Gasteiger partial charge in [0.2, 0.25) is 0 Å². The van der Waals surface area contributed by atoms with Crippen molar-refractivity contribution in [3.63, 3.8) is 0 Å². The lowest BCUT2D eigenvalue weighted by atomic mass is 10.3. The predicted molar refractivity (Wildman–Crippen MR) is 78.5 cm³/mol. The SMILES string of the molecule is CC.CCCC.CCCCNC.CCOC=O. The summed E-state index contributed by atoms with van der Waals surface area (Å²) in [5.74, 6) is 0. The van der Waals surface area contributed by atoms with E-state index in [2.05, 4.69) is 30.8 Å². The van der Waals surface area contributed by atoms with Crippen LogP contribution in [0.15, 0.2) is 0 Å². The molecule has 3 nitrogen and oxygen atoms in total. The van der Waals surface area contributed by atoms with Gasteiger partial charge in [-0.25, -0.2) is 0 Å². The minimum Gasteiger partial charge on any atom is -0.468 e. The molecule has 0 spiro atoms. The van der Waals surface area contributed by atoms with Gasteiger partial charge in [0.15, 0.2) is 0 Å². The van der Waals surface area contributed by atoms with Crippen molar-refractivity contribution in [2.45, 2.75) is 67.2 Å². The highest BCUT2D eigenvalue weighted by Crippen LogP contribution is 1.79. The molecule has 3 heteroatoms. The lowest BCUT2D eigenvalue weighted by Crippen LogP contribution is -2.06. The van der Waals surface area contributed by atoms with Crippen LogP contribution < -0.4 is 5.32 Å². The molecule has 0 saturated carbocycles. The number of carbonyl (C=O) groups is 1. The summed E-state index contributed by atoms with van der Waals surface area (Å²) in [4.78, 5) is 9.18. The molecule has 0 fully saturated rings. The number of carbonyl (C=O) groups excluding carboxylic acids is 1. The van der Waals surface area contributed by atoms with E-state index in [1.807, 2.05) is 20.9 Å². The molecule has 0 saturated heterocycles. The van der Waals surface area contributed by atoms with Crippen LogP contribution in [0.3, 0.4) is 0 Å². The molecule has 0 aliphatic carbocycles. The second-order valence-electron chi connectivity index (χ2n) is 3.01. The largest absolute Gasteiger partial charge is 0.468 e. The van der Waals surface area contributed by atoms with E-state index in [0.29, 0.717) is 13.1 Å². The average molecular weight is 249 g/mol. The Morgan fingerprint density at radius 1 is 1.00 bits per heavy atom. The Hall–Kier alpha value is -0.570. The first-order chi connectivity index (χ1) is 8.24. The summed E-state index contributed by atoms with van der Waals surface area (Å²) in [5.41, 5.74) is 0. The van der Waals surface area contributed by atoms with Gasteiger partial charge < -0.3 is 10.1 Å². The van der Waals surface area contributed by atoms with E-state index in [1.165, 1.54) is 25.7 Å². The fraction of sp³-hybridized carbons (Fsp3) is 0.929. The predicted octanol–water partition coefficient (Wildman–Crippen LogP) is 4.02. The standard InChI is InChI=1S/C5H13N.C4H10.C3H6O2.C2H6/c1-3-4-5-6-2;1-3-4-2;1-2-5-3-4;1-2/h6H,3-5H2,1-2H3;3-4H2,1-2H3;3H,2H2,1H3;1-2H3. The third kappa shape index (κ3) is 94.4. The Labute approximate surface area is 109 Å². The fourth-order valence-electron chi connectivity index (χ4n) is 0.422. The van der Waals surface area contributed by atoms with Crippen molar-refractivity contribution in [3.05, 3.63) is 0 Å². The van der Waals surface area contributed by atoms with Gasteiger partial charge in [-0.2, -0.15) is 0 Å². The molecule has 0 aliphatic heterocycles. The van der Waals surface area contributed by atoms with E-state index in [4.69, 9.17) is 0 Å². The highest BCUT2D eigenvalue weighted by Gasteiger charge is 1.73. The molecule has 0 radical (unpaired) electrons. The molecule has 0 aromatic rings. The Morgan fingerprint density at radius 2 is 1.47 bits per heavy atom. The zero-order valence-corrected chi connectivity index (χ0v) is 13.1. The van der Waals surface area contributed by atoms with Gasteiger partial charge in [-0.05, 0) is 26.9 Å². The van der Waals surface area contributed by atoms with Crippen LogP contribution in [0.5, 0.6) is 0 Å².